The number of rotatable bonds is 3. The van der Waals surface area contributed by atoms with Crippen molar-refractivity contribution in [2.24, 2.45) is 0 Å². The Morgan fingerprint density at radius 3 is 2.88 bits per heavy atom. The van der Waals surface area contributed by atoms with Gasteiger partial charge < -0.3 is 10.1 Å². The summed E-state index contributed by atoms with van der Waals surface area (Å²) in [6, 6.07) is 4.33. The molecule has 0 aliphatic carbocycles. The first-order valence-corrected chi connectivity index (χ1v) is 6.62. The predicted molar refractivity (Wildman–Crippen MR) is 68.4 cm³/mol. The highest BCUT2D eigenvalue weighted by molar-refractivity contribution is 7.16. The minimum atomic E-state index is 0.207. The second kappa shape index (κ2) is 5.47. The van der Waals surface area contributed by atoms with Crippen molar-refractivity contribution < 1.29 is 4.74 Å². The molecule has 1 aliphatic heterocycles. The molecule has 1 N–H and O–H groups in total. The van der Waals surface area contributed by atoms with Crippen molar-refractivity contribution in [1.82, 2.24) is 10.2 Å². The molecule has 1 saturated heterocycles. The number of hydrogen-bond donors (Lipinski definition) is 1. The van der Waals surface area contributed by atoms with Crippen LogP contribution in [0.5, 0.6) is 0 Å². The molecule has 2 atom stereocenters. The molecule has 0 amide bonds. The first-order chi connectivity index (χ1) is 7.68. The SMILES string of the molecule is CN(C)C(c1ccc(Cl)s1)C1CNCCO1. The Bertz CT molecular complexity index is 336. The van der Waals surface area contributed by atoms with Crippen molar-refractivity contribution in [3.8, 4) is 0 Å². The third kappa shape index (κ3) is 2.76. The van der Waals surface area contributed by atoms with Gasteiger partial charge in [-0.3, -0.25) is 4.90 Å². The van der Waals surface area contributed by atoms with E-state index in [0.29, 0.717) is 0 Å². The lowest BCUT2D eigenvalue weighted by Crippen LogP contribution is -2.45. The average Bonchev–Trinajstić information content (AvgIpc) is 2.66. The molecular weight excluding hydrogens is 244 g/mol. The van der Waals surface area contributed by atoms with E-state index in [2.05, 4.69) is 30.4 Å². The van der Waals surface area contributed by atoms with Crippen molar-refractivity contribution in [2.45, 2.75) is 12.1 Å². The molecule has 2 heterocycles. The van der Waals surface area contributed by atoms with Gasteiger partial charge in [0.1, 0.15) is 0 Å². The van der Waals surface area contributed by atoms with E-state index >= 15 is 0 Å². The van der Waals surface area contributed by atoms with Gasteiger partial charge in [-0.1, -0.05) is 11.6 Å². The van der Waals surface area contributed by atoms with Gasteiger partial charge >= 0.3 is 0 Å². The lowest BCUT2D eigenvalue weighted by atomic mass is 10.1. The number of halogens is 1. The van der Waals surface area contributed by atoms with E-state index < -0.39 is 0 Å². The van der Waals surface area contributed by atoms with Gasteiger partial charge in [0.15, 0.2) is 0 Å². The van der Waals surface area contributed by atoms with Gasteiger partial charge in [0, 0.05) is 18.0 Å². The smallest absolute Gasteiger partial charge is 0.0931 e. The summed E-state index contributed by atoms with van der Waals surface area (Å²) in [5.41, 5.74) is 0. The highest BCUT2D eigenvalue weighted by Gasteiger charge is 2.28. The van der Waals surface area contributed by atoms with Gasteiger partial charge in [0.25, 0.3) is 0 Å². The fourth-order valence-electron chi connectivity index (χ4n) is 2.05. The number of nitrogens with zero attached hydrogens (tertiary/aromatic N) is 1. The third-order valence-corrected chi connectivity index (χ3v) is 4.05. The summed E-state index contributed by atoms with van der Waals surface area (Å²) in [7, 11) is 4.16. The zero-order chi connectivity index (χ0) is 11.5. The zero-order valence-corrected chi connectivity index (χ0v) is 11.1. The van der Waals surface area contributed by atoms with Crippen LogP contribution in [0, 0.1) is 0 Å². The molecule has 1 aromatic heterocycles. The second-order valence-electron chi connectivity index (χ2n) is 4.16. The van der Waals surface area contributed by atoms with E-state index in [9.17, 15) is 0 Å². The van der Waals surface area contributed by atoms with Crippen LogP contribution >= 0.6 is 22.9 Å². The Morgan fingerprint density at radius 1 is 1.56 bits per heavy atom. The molecule has 16 heavy (non-hydrogen) atoms. The third-order valence-electron chi connectivity index (χ3n) is 2.75. The molecule has 0 bridgehead atoms. The molecule has 3 nitrogen and oxygen atoms in total. The maximum atomic E-state index is 5.99. The molecule has 0 spiro atoms. The van der Waals surface area contributed by atoms with Crippen LogP contribution in [0.2, 0.25) is 4.34 Å². The van der Waals surface area contributed by atoms with Crippen LogP contribution in [-0.2, 0) is 4.74 Å². The normalized spacial score (nSPS) is 23.6. The van der Waals surface area contributed by atoms with E-state index in [1.807, 2.05) is 6.07 Å². The molecule has 90 valence electrons. The summed E-state index contributed by atoms with van der Waals surface area (Å²) in [5.74, 6) is 0. The minimum absolute atomic E-state index is 0.207. The van der Waals surface area contributed by atoms with Crippen molar-refractivity contribution in [3.63, 3.8) is 0 Å². The number of likely N-dealkylation sites (N-methyl/N-ethyl adjacent to an activating group) is 1. The summed E-state index contributed by atoms with van der Waals surface area (Å²) < 4.78 is 6.66. The van der Waals surface area contributed by atoms with Gasteiger partial charge in [-0.2, -0.15) is 0 Å². The number of thiophene rings is 1. The van der Waals surface area contributed by atoms with Crippen LogP contribution in [0.15, 0.2) is 12.1 Å². The molecule has 1 aliphatic rings. The highest BCUT2D eigenvalue weighted by atomic mass is 35.5. The summed E-state index contributed by atoms with van der Waals surface area (Å²) in [6.45, 7) is 2.63. The first kappa shape index (κ1) is 12.3. The number of hydrogen-bond acceptors (Lipinski definition) is 4. The largest absolute Gasteiger partial charge is 0.374 e. The van der Waals surface area contributed by atoms with Crippen LogP contribution in [0.25, 0.3) is 0 Å². The molecular formula is C11H17ClN2OS. The molecule has 1 fully saturated rings. The van der Waals surface area contributed by atoms with Crippen LogP contribution < -0.4 is 5.32 Å². The predicted octanol–water partition coefficient (Wildman–Crippen LogP) is 1.99. The standard InChI is InChI=1S/C11H17ClN2OS/c1-14(2)11(8-7-13-5-6-15-8)9-3-4-10(12)16-9/h3-4,8,11,13H,5-7H2,1-2H3. The van der Waals surface area contributed by atoms with E-state index in [0.717, 1.165) is 24.0 Å². The quantitative estimate of drug-likeness (QED) is 0.900. The van der Waals surface area contributed by atoms with E-state index in [1.165, 1.54) is 4.88 Å². The fourth-order valence-corrected chi connectivity index (χ4v) is 3.36. The molecule has 1 aromatic rings. The fraction of sp³-hybridized carbons (Fsp3) is 0.636. The lowest BCUT2D eigenvalue weighted by Gasteiger charge is -2.34. The summed E-state index contributed by atoms with van der Waals surface area (Å²) >= 11 is 7.63. The first-order valence-electron chi connectivity index (χ1n) is 5.42. The molecule has 2 rings (SSSR count). The summed E-state index contributed by atoms with van der Waals surface area (Å²) in [5, 5.41) is 3.37. The number of ether oxygens (including phenoxy) is 1. The highest BCUT2D eigenvalue weighted by Crippen LogP contribution is 2.32. The van der Waals surface area contributed by atoms with Crippen molar-refractivity contribution in [1.29, 1.82) is 0 Å². The molecule has 0 saturated carbocycles. The molecule has 2 unspecified atom stereocenters. The molecule has 0 radical (unpaired) electrons. The Labute approximate surface area is 105 Å². The Balaban J connectivity index is 2.16. The number of morpholine rings is 1. The average molecular weight is 261 g/mol. The van der Waals surface area contributed by atoms with E-state index in [-0.39, 0.29) is 12.1 Å². The van der Waals surface area contributed by atoms with Crippen molar-refractivity contribution >= 4 is 22.9 Å². The van der Waals surface area contributed by atoms with Gasteiger partial charge in [-0.25, -0.2) is 0 Å². The van der Waals surface area contributed by atoms with Gasteiger partial charge in [0.2, 0.25) is 0 Å². The summed E-state index contributed by atoms with van der Waals surface area (Å²) in [6.07, 6.45) is 0.207. The van der Waals surface area contributed by atoms with Crippen LogP contribution in [-0.4, -0.2) is 44.8 Å². The Kier molecular flexibility index (Phi) is 4.21. The van der Waals surface area contributed by atoms with Crippen LogP contribution in [0.3, 0.4) is 0 Å². The number of nitrogens with one attached hydrogen (secondary N) is 1. The topological polar surface area (TPSA) is 24.5 Å². The van der Waals surface area contributed by atoms with E-state index in [4.69, 9.17) is 16.3 Å². The molecule has 0 aromatic carbocycles. The maximum absolute atomic E-state index is 5.99. The Hall–Kier alpha value is -0.130. The Morgan fingerprint density at radius 2 is 2.38 bits per heavy atom. The molecule has 5 heteroatoms. The minimum Gasteiger partial charge on any atom is -0.374 e. The van der Waals surface area contributed by atoms with Crippen molar-refractivity contribution in [2.75, 3.05) is 33.8 Å². The zero-order valence-electron chi connectivity index (χ0n) is 9.57. The second-order valence-corrected chi connectivity index (χ2v) is 5.91. The van der Waals surface area contributed by atoms with Gasteiger partial charge in [-0.15, -0.1) is 11.3 Å². The van der Waals surface area contributed by atoms with Gasteiger partial charge in [0.05, 0.1) is 23.1 Å². The van der Waals surface area contributed by atoms with Crippen molar-refractivity contribution in [3.05, 3.63) is 21.3 Å². The maximum Gasteiger partial charge on any atom is 0.0931 e. The van der Waals surface area contributed by atoms with Crippen LogP contribution in [0.1, 0.15) is 10.9 Å². The summed E-state index contributed by atoms with van der Waals surface area (Å²) in [4.78, 5) is 3.46. The monoisotopic (exact) mass is 260 g/mol. The van der Waals surface area contributed by atoms with E-state index in [1.54, 1.807) is 11.3 Å². The lowest BCUT2D eigenvalue weighted by molar-refractivity contribution is -0.0201. The van der Waals surface area contributed by atoms with Crippen LogP contribution in [0.4, 0.5) is 0 Å². The van der Waals surface area contributed by atoms with Gasteiger partial charge in [-0.05, 0) is 26.2 Å².